The molecule has 0 aliphatic carbocycles. The summed E-state index contributed by atoms with van der Waals surface area (Å²) in [6.45, 7) is 3.53. The molecule has 2 N–H and O–H groups in total. The monoisotopic (exact) mass is 236 g/mol. The molecule has 1 aliphatic rings. The Hall–Kier alpha value is -1.13. The molecule has 0 spiro atoms. The van der Waals surface area contributed by atoms with Gasteiger partial charge in [0.25, 0.3) is 0 Å². The van der Waals surface area contributed by atoms with Gasteiger partial charge in [0.2, 0.25) is 5.91 Å². The predicted molar refractivity (Wildman–Crippen MR) is 67.1 cm³/mol. The summed E-state index contributed by atoms with van der Waals surface area (Å²) < 4.78 is 0. The second-order valence-electron chi connectivity index (χ2n) is 4.23. The first kappa shape index (κ1) is 11.4. The lowest BCUT2D eigenvalue weighted by Gasteiger charge is -2.12. The van der Waals surface area contributed by atoms with E-state index in [1.807, 2.05) is 28.5 Å². The molecule has 1 amide bonds. The minimum Gasteiger partial charge on any atom is -0.337 e. The molecule has 16 heavy (non-hydrogen) atoms. The molecular formula is C12H16N2OS. The van der Waals surface area contributed by atoms with Gasteiger partial charge in [0.15, 0.2) is 0 Å². The van der Waals surface area contributed by atoms with Gasteiger partial charge in [-0.15, -0.1) is 11.3 Å². The quantitative estimate of drug-likeness (QED) is 0.792. The number of likely N-dealkylation sites (tertiary alicyclic amines) is 1. The molecule has 2 rings (SSSR count). The predicted octanol–water partition coefficient (Wildman–Crippen LogP) is 1.57. The van der Waals surface area contributed by atoms with E-state index in [1.165, 1.54) is 0 Å². The topological polar surface area (TPSA) is 46.3 Å². The van der Waals surface area contributed by atoms with Crippen molar-refractivity contribution in [2.24, 2.45) is 11.7 Å². The van der Waals surface area contributed by atoms with Crippen LogP contribution in [0.5, 0.6) is 0 Å². The highest BCUT2D eigenvalue weighted by atomic mass is 32.1. The average Bonchev–Trinajstić information content (AvgIpc) is 2.86. The van der Waals surface area contributed by atoms with Crippen molar-refractivity contribution in [3.05, 3.63) is 28.5 Å². The molecule has 2 unspecified atom stereocenters. The van der Waals surface area contributed by atoms with Crippen molar-refractivity contribution in [3.8, 4) is 0 Å². The maximum Gasteiger partial charge on any atom is 0.246 e. The van der Waals surface area contributed by atoms with Crippen LogP contribution in [0.1, 0.15) is 11.8 Å². The number of rotatable bonds is 2. The SMILES string of the molecule is CC1CN(C(=O)/C=C/c2cccs2)CC1N. The molecule has 1 aromatic rings. The second-order valence-corrected chi connectivity index (χ2v) is 5.21. The zero-order chi connectivity index (χ0) is 11.5. The molecule has 3 nitrogen and oxygen atoms in total. The van der Waals surface area contributed by atoms with Crippen LogP contribution in [0.15, 0.2) is 23.6 Å². The largest absolute Gasteiger partial charge is 0.337 e. The van der Waals surface area contributed by atoms with Gasteiger partial charge in [-0.3, -0.25) is 4.79 Å². The Balaban J connectivity index is 1.94. The lowest BCUT2D eigenvalue weighted by atomic mass is 10.1. The van der Waals surface area contributed by atoms with Crippen molar-refractivity contribution in [1.82, 2.24) is 4.90 Å². The lowest BCUT2D eigenvalue weighted by molar-refractivity contribution is -0.125. The Morgan fingerprint density at radius 3 is 3.00 bits per heavy atom. The lowest BCUT2D eigenvalue weighted by Crippen LogP contribution is -2.31. The summed E-state index contributed by atoms with van der Waals surface area (Å²) >= 11 is 1.63. The molecule has 1 saturated heterocycles. The average molecular weight is 236 g/mol. The van der Waals surface area contributed by atoms with Gasteiger partial charge in [-0.1, -0.05) is 13.0 Å². The van der Waals surface area contributed by atoms with Crippen molar-refractivity contribution >= 4 is 23.3 Å². The van der Waals surface area contributed by atoms with E-state index in [9.17, 15) is 4.79 Å². The molecule has 1 fully saturated rings. The zero-order valence-electron chi connectivity index (χ0n) is 9.30. The third kappa shape index (κ3) is 2.51. The molecule has 1 aromatic heterocycles. The fourth-order valence-corrected chi connectivity index (χ4v) is 2.43. The molecule has 0 saturated carbocycles. The number of thiophene rings is 1. The first-order valence-electron chi connectivity index (χ1n) is 5.43. The van der Waals surface area contributed by atoms with E-state index >= 15 is 0 Å². The van der Waals surface area contributed by atoms with Gasteiger partial charge in [0, 0.05) is 30.1 Å². The van der Waals surface area contributed by atoms with Gasteiger partial charge in [-0.2, -0.15) is 0 Å². The van der Waals surface area contributed by atoms with Crippen LogP contribution in [0.25, 0.3) is 6.08 Å². The molecule has 4 heteroatoms. The van der Waals surface area contributed by atoms with Gasteiger partial charge >= 0.3 is 0 Å². The van der Waals surface area contributed by atoms with Crippen molar-refractivity contribution < 1.29 is 4.79 Å². The van der Waals surface area contributed by atoms with Crippen LogP contribution < -0.4 is 5.73 Å². The van der Waals surface area contributed by atoms with Crippen LogP contribution in [-0.2, 0) is 4.79 Å². The highest BCUT2D eigenvalue weighted by Gasteiger charge is 2.28. The Kier molecular flexibility index (Phi) is 3.41. The number of nitrogens with zero attached hydrogens (tertiary/aromatic N) is 1. The van der Waals surface area contributed by atoms with E-state index in [1.54, 1.807) is 17.4 Å². The Morgan fingerprint density at radius 2 is 2.44 bits per heavy atom. The number of amides is 1. The van der Waals surface area contributed by atoms with Crippen molar-refractivity contribution in [2.45, 2.75) is 13.0 Å². The first-order valence-corrected chi connectivity index (χ1v) is 6.31. The van der Waals surface area contributed by atoms with Crippen LogP contribution in [0.3, 0.4) is 0 Å². The van der Waals surface area contributed by atoms with Crippen LogP contribution in [0, 0.1) is 5.92 Å². The molecule has 1 aliphatic heterocycles. The molecular weight excluding hydrogens is 220 g/mol. The molecule has 86 valence electrons. The summed E-state index contributed by atoms with van der Waals surface area (Å²) in [5.41, 5.74) is 5.88. The molecule has 0 bridgehead atoms. The Bertz CT molecular complexity index is 376. The maximum absolute atomic E-state index is 11.8. The van der Waals surface area contributed by atoms with E-state index < -0.39 is 0 Å². The van der Waals surface area contributed by atoms with E-state index in [-0.39, 0.29) is 11.9 Å². The minimum atomic E-state index is 0.0631. The van der Waals surface area contributed by atoms with Crippen LogP contribution >= 0.6 is 11.3 Å². The summed E-state index contributed by atoms with van der Waals surface area (Å²) in [5, 5.41) is 2.00. The molecule has 2 atom stereocenters. The van der Waals surface area contributed by atoms with Gasteiger partial charge in [-0.25, -0.2) is 0 Å². The summed E-state index contributed by atoms with van der Waals surface area (Å²) in [6.07, 6.45) is 3.50. The number of hydrogen-bond acceptors (Lipinski definition) is 3. The summed E-state index contributed by atoms with van der Waals surface area (Å²) in [6, 6.07) is 4.09. The van der Waals surface area contributed by atoms with E-state index in [4.69, 9.17) is 5.73 Å². The van der Waals surface area contributed by atoms with Gasteiger partial charge in [-0.05, 0) is 23.4 Å². The van der Waals surface area contributed by atoms with Crippen LogP contribution in [0.4, 0.5) is 0 Å². The number of hydrogen-bond donors (Lipinski definition) is 1. The highest BCUT2D eigenvalue weighted by molar-refractivity contribution is 7.10. The summed E-state index contributed by atoms with van der Waals surface area (Å²) in [4.78, 5) is 14.7. The van der Waals surface area contributed by atoms with Gasteiger partial charge in [0.05, 0.1) is 0 Å². The van der Waals surface area contributed by atoms with E-state index in [0.29, 0.717) is 12.5 Å². The number of carbonyl (C=O) groups excluding carboxylic acids is 1. The van der Waals surface area contributed by atoms with E-state index in [2.05, 4.69) is 6.92 Å². The normalized spacial score (nSPS) is 25.5. The molecule has 0 radical (unpaired) electrons. The van der Waals surface area contributed by atoms with Crippen molar-refractivity contribution in [1.29, 1.82) is 0 Å². The third-order valence-electron chi connectivity index (χ3n) is 2.92. The first-order chi connectivity index (χ1) is 7.66. The smallest absolute Gasteiger partial charge is 0.246 e. The second kappa shape index (κ2) is 4.80. The Labute approximate surface area is 99.6 Å². The minimum absolute atomic E-state index is 0.0631. The Morgan fingerprint density at radius 1 is 1.62 bits per heavy atom. The third-order valence-corrected chi connectivity index (χ3v) is 3.75. The maximum atomic E-state index is 11.8. The van der Waals surface area contributed by atoms with Crippen molar-refractivity contribution in [2.75, 3.05) is 13.1 Å². The fourth-order valence-electron chi connectivity index (χ4n) is 1.82. The van der Waals surface area contributed by atoms with E-state index in [0.717, 1.165) is 11.4 Å². The summed E-state index contributed by atoms with van der Waals surface area (Å²) in [7, 11) is 0. The number of nitrogens with two attached hydrogens (primary N) is 1. The van der Waals surface area contributed by atoms with Crippen LogP contribution in [0.2, 0.25) is 0 Å². The zero-order valence-corrected chi connectivity index (χ0v) is 10.1. The summed E-state index contributed by atoms with van der Waals surface area (Å²) in [5.74, 6) is 0.465. The van der Waals surface area contributed by atoms with Gasteiger partial charge < -0.3 is 10.6 Å². The van der Waals surface area contributed by atoms with Gasteiger partial charge in [0.1, 0.15) is 0 Å². The fraction of sp³-hybridized carbons (Fsp3) is 0.417. The standard InChI is InChI=1S/C12H16N2OS/c1-9-7-14(8-11(9)13)12(15)5-4-10-3-2-6-16-10/h2-6,9,11H,7-8,13H2,1H3/b5-4+. The highest BCUT2D eigenvalue weighted by Crippen LogP contribution is 2.16. The van der Waals surface area contributed by atoms with Crippen molar-refractivity contribution in [3.63, 3.8) is 0 Å². The molecule has 2 heterocycles. The molecule has 0 aromatic carbocycles. The van der Waals surface area contributed by atoms with Crippen LogP contribution in [-0.4, -0.2) is 29.9 Å². The number of carbonyl (C=O) groups is 1.